The van der Waals surface area contributed by atoms with Crippen LogP contribution in [0.25, 0.3) is 6.08 Å². The van der Waals surface area contributed by atoms with Crippen molar-refractivity contribution in [2.75, 3.05) is 13.2 Å². The Balaban J connectivity index is 2.86. The lowest BCUT2D eigenvalue weighted by Crippen LogP contribution is -2.15. The standard InChI is InChI=1S/C17H22O4S/c1-3-5-9-21-16(15(18)12-17(19)20-4-2)11-13-7-6-8-14(22)10-13/h6-8,10-11,22H,3-5,9,12H2,1-2H3. The molecule has 120 valence electrons. The quantitative estimate of drug-likeness (QED) is 0.188. The topological polar surface area (TPSA) is 52.6 Å². The Hall–Kier alpha value is -1.75. The molecule has 0 heterocycles. The molecule has 0 amide bonds. The fourth-order valence-corrected chi connectivity index (χ4v) is 1.96. The average molecular weight is 322 g/mol. The van der Waals surface area contributed by atoms with Crippen LogP contribution in [-0.2, 0) is 19.1 Å². The van der Waals surface area contributed by atoms with Crippen molar-refractivity contribution in [2.24, 2.45) is 0 Å². The van der Waals surface area contributed by atoms with Crippen molar-refractivity contribution in [1.82, 2.24) is 0 Å². The third-order valence-electron chi connectivity index (χ3n) is 2.81. The van der Waals surface area contributed by atoms with Crippen LogP contribution in [0.3, 0.4) is 0 Å². The lowest BCUT2D eigenvalue weighted by Gasteiger charge is -2.09. The molecule has 1 aromatic rings. The summed E-state index contributed by atoms with van der Waals surface area (Å²) in [6.45, 7) is 4.44. The van der Waals surface area contributed by atoms with Crippen LogP contribution in [0.4, 0.5) is 0 Å². The van der Waals surface area contributed by atoms with Crippen molar-refractivity contribution >= 4 is 30.5 Å². The number of hydrogen-bond donors (Lipinski definition) is 1. The van der Waals surface area contributed by atoms with Gasteiger partial charge in [0.15, 0.2) is 5.76 Å². The molecule has 0 aliphatic rings. The molecule has 0 aliphatic heterocycles. The van der Waals surface area contributed by atoms with Gasteiger partial charge in [-0.05, 0) is 37.1 Å². The van der Waals surface area contributed by atoms with Gasteiger partial charge in [-0.2, -0.15) is 0 Å². The predicted molar refractivity (Wildman–Crippen MR) is 88.8 cm³/mol. The molecule has 0 unspecified atom stereocenters. The molecular weight excluding hydrogens is 300 g/mol. The number of rotatable bonds is 9. The Morgan fingerprint density at radius 1 is 1.23 bits per heavy atom. The van der Waals surface area contributed by atoms with Gasteiger partial charge in [0.2, 0.25) is 5.78 Å². The first-order valence-corrected chi connectivity index (χ1v) is 7.83. The SMILES string of the molecule is CCCCOC(=Cc1cccc(S)c1)C(=O)CC(=O)OCC. The largest absolute Gasteiger partial charge is 0.490 e. The van der Waals surface area contributed by atoms with Crippen LogP contribution in [0.5, 0.6) is 0 Å². The van der Waals surface area contributed by atoms with Crippen LogP contribution in [-0.4, -0.2) is 25.0 Å². The molecule has 0 saturated heterocycles. The Labute approximate surface area is 136 Å². The Bertz CT molecular complexity index is 537. The summed E-state index contributed by atoms with van der Waals surface area (Å²) in [5.74, 6) is -0.736. The van der Waals surface area contributed by atoms with E-state index >= 15 is 0 Å². The number of hydrogen-bond acceptors (Lipinski definition) is 5. The second kappa shape index (κ2) is 10.1. The number of unbranched alkanes of at least 4 members (excludes halogenated alkanes) is 1. The van der Waals surface area contributed by atoms with Gasteiger partial charge in [0.25, 0.3) is 0 Å². The van der Waals surface area contributed by atoms with E-state index in [9.17, 15) is 9.59 Å². The number of ketones is 1. The highest BCUT2D eigenvalue weighted by atomic mass is 32.1. The summed E-state index contributed by atoms with van der Waals surface area (Å²) >= 11 is 4.27. The maximum absolute atomic E-state index is 12.2. The van der Waals surface area contributed by atoms with Crippen LogP contribution >= 0.6 is 12.6 Å². The Kier molecular flexibility index (Phi) is 8.36. The smallest absolute Gasteiger partial charge is 0.313 e. The molecule has 0 spiro atoms. The highest BCUT2D eigenvalue weighted by Crippen LogP contribution is 2.15. The van der Waals surface area contributed by atoms with Crippen LogP contribution in [0.2, 0.25) is 0 Å². The van der Waals surface area contributed by atoms with E-state index in [2.05, 4.69) is 12.6 Å². The van der Waals surface area contributed by atoms with Crippen molar-refractivity contribution in [3.63, 3.8) is 0 Å². The van der Waals surface area contributed by atoms with Gasteiger partial charge in [0, 0.05) is 4.90 Å². The summed E-state index contributed by atoms with van der Waals surface area (Å²) in [7, 11) is 0. The minimum absolute atomic E-state index is 0.181. The zero-order chi connectivity index (χ0) is 16.4. The van der Waals surface area contributed by atoms with Crippen molar-refractivity contribution < 1.29 is 19.1 Å². The normalized spacial score (nSPS) is 11.1. The maximum atomic E-state index is 12.2. The van der Waals surface area contributed by atoms with Crippen molar-refractivity contribution in [2.45, 2.75) is 38.0 Å². The first-order valence-electron chi connectivity index (χ1n) is 7.39. The van der Waals surface area contributed by atoms with E-state index < -0.39 is 5.97 Å². The minimum atomic E-state index is -0.541. The van der Waals surface area contributed by atoms with Crippen molar-refractivity contribution in [1.29, 1.82) is 0 Å². The number of carbonyl (C=O) groups is 2. The highest BCUT2D eigenvalue weighted by molar-refractivity contribution is 7.80. The van der Waals surface area contributed by atoms with Gasteiger partial charge in [-0.3, -0.25) is 9.59 Å². The number of Topliss-reactive ketones (excluding diaryl/α,β-unsaturated/α-hetero) is 1. The fourth-order valence-electron chi connectivity index (χ4n) is 1.73. The van der Waals surface area contributed by atoms with Gasteiger partial charge in [0.1, 0.15) is 6.42 Å². The molecule has 0 atom stereocenters. The van der Waals surface area contributed by atoms with Gasteiger partial charge in [-0.25, -0.2) is 0 Å². The van der Waals surface area contributed by atoms with E-state index in [1.165, 1.54) is 0 Å². The number of thiol groups is 1. The van der Waals surface area contributed by atoms with Gasteiger partial charge < -0.3 is 9.47 Å². The lowest BCUT2D eigenvalue weighted by molar-refractivity contribution is -0.145. The third kappa shape index (κ3) is 6.80. The monoisotopic (exact) mass is 322 g/mol. The summed E-state index contributed by atoms with van der Waals surface area (Å²) in [5, 5.41) is 0. The lowest BCUT2D eigenvalue weighted by atomic mass is 10.1. The van der Waals surface area contributed by atoms with Crippen LogP contribution in [0.15, 0.2) is 34.9 Å². The minimum Gasteiger partial charge on any atom is -0.490 e. The molecule has 0 aromatic heterocycles. The van der Waals surface area contributed by atoms with Crippen LogP contribution < -0.4 is 0 Å². The second-order valence-corrected chi connectivity index (χ2v) is 5.23. The van der Waals surface area contributed by atoms with Gasteiger partial charge in [0.05, 0.1) is 13.2 Å². The Morgan fingerprint density at radius 2 is 2.00 bits per heavy atom. The summed E-state index contributed by atoms with van der Waals surface area (Å²) in [4.78, 5) is 24.4. The molecule has 0 fully saturated rings. The van der Waals surface area contributed by atoms with E-state index in [1.54, 1.807) is 13.0 Å². The Morgan fingerprint density at radius 3 is 2.64 bits per heavy atom. The molecule has 0 saturated carbocycles. The molecular formula is C17H22O4S. The number of ether oxygens (including phenoxy) is 2. The average Bonchev–Trinajstić information content (AvgIpc) is 2.46. The maximum Gasteiger partial charge on any atom is 0.313 e. The summed E-state index contributed by atoms with van der Waals surface area (Å²) in [5.41, 5.74) is 0.802. The van der Waals surface area contributed by atoms with E-state index in [-0.39, 0.29) is 24.6 Å². The summed E-state index contributed by atoms with van der Waals surface area (Å²) in [6, 6.07) is 7.36. The molecule has 1 aromatic carbocycles. The third-order valence-corrected chi connectivity index (χ3v) is 3.09. The number of esters is 1. The zero-order valence-electron chi connectivity index (χ0n) is 13.0. The molecule has 0 radical (unpaired) electrons. The molecule has 5 heteroatoms. The molecule has 4 nitrogen and oxygen atoms in total. The summed E-state index contributed by atoms with van der Waals surface area (Å²) in [6.07, 6.45) is 3.13. The van der Waals surface area contributed by atoms with Crippen LogP contribution in [0, 0.1) is 0 Å². The number of benzene rings is 1. The van der Waals surface area contributed by atoms with Gasteiger partial charge >= 0.3 is 5.97 Å². The molecule has 0 aliphatic carbocycles. The first kappa shape index (κ1) is 18.3. The second-order valence-electron chi connectivity index (χ2n) is 4.71. The van der Waals surface area contributed by atoms with Gasteiger partial charge in [-0.15, -0.1) is 12.6 Å². The number of carbonyl (C=O) groups excluding carboxylic acids is 2. The zero-order valence-corrected chi connectivity index (χ0v) is 13.9. The van der Waals surface area contributed by atoms with Crippen molar-refractivity contribution in [3.05, 3.63) is 35.6 Å². The van der Waals surface area contributed by atoms with E-state index in [0.717, 1.165) is 23.3 Å². The first-order chi connectivity index (χ1) is 10.6. The van der Waals surface area contributed by atoms with E-state index in [1.807, 2.05) is 31.2 Å². The molecule has 22 heavy (non-hydrogen) atoms. The van der Waals surface area contributed by atoms with E-state index in [0.29, 0.717) is 6.61 Å². The summed E-state index contributed by atoms with van der Waals surface area (Å²) < 4.78 is 10.3. The van der Waals surface area contributed by atoms with Crippen LogP contribution in [0.1, 0.15) is 38.7 Å². The molecule has 0 bridgehead atoms. The number of allylic oxidation sites excluding steroid dienone is 1. The fraction of sp³-hybridized carbons (Fsp3) is 0.412. The van der Waals surface area contributed by atoms with Crippen molar-refractivity contribution in [3.8, 4) is 0 Å². The van der Waals surface area contributed by atoms with E-state index in [4.69, 9.17) is 9.47 Å². The highest BCUT2D eigenvalue weighted by Gasteiger charge is 2.16. The molecule has 1 rings (SSSR count). The van der Waals surface area contributed by atoms with Gasteiger partial charge in [-0.1, -0.05) is 25.5 Å². The predicted octanol–water partition coefficient (Wildman–Crippen LogP) is 3.66. The molecule has 0 N–H and O–H groups in total.